The molecule has 1 aliphatic carbocycles. The highest BCUT2D eigenvalue weighted by Crippen LogP contribution is 2.25. The zero-order valence-corrected chi connectivity index (χ0v) is 13.1. The number of nitrogens with zero attached hydrogens (tertiary/aromatic N) is 1. The van der Waals surface area contributed by atoms with Gasteiger partial charge in [0.1, 0.15) is 5.01 Å². The summed E-state index contributed by atoms with van der Waals surface area (Å²) in [5.41, 5.74) is 1.32. The Balaban J connectivity index is 1.75. The normalized spacial score (nSPS) is 24.6. The van der Waals surface area contributed by atoms with Gasteiger partial charge in [0.05, 0.1) is 11.8 Å². The van der Waals surface area contributed by atoms with E-state index in [1.807, 2.05) is 0 Å². The van der Waals surface area contributed by atoms with Gasteiger partial charge in [-0.3, -0.25) is 0 Å². The van der Waals surface area contributed by atoms with Crippen LogP contribution in [0.1, 0.15) is 57.2 Å². The van der Waals surface area contributed by atoms with Gasteiger partial charge in [-0.1, -0.05) is 27.2 Å². The number of hydrogen-bond acceptors (Lipinski definition) is 4. The number of aliphatic hydroxyl groups is 1. The molecule has 2 unspecified atom stereocenters. The van der Waals surface area contributed by atoms with Crippen LogP contribution in [0.4, 0.5) is 0 Å². The van der Waals surface area contributed by atoms with Crippen LogP contribution in [-0.2, 0) is 12.0 Å². The molecule has 108 valence electrons. The standard InChI is InChI=1S/C15H26N2OS/c1-15(2,3)13-10-19-14(17-13)9-16-8-11-5-4-6-12(18)7-11/h10-12,16,18H,4-9H2,1-3H3. The van der Waals surface area contributed by atoms with E-state index in [4.69, 9.17) is 0 Å². The maximum Gasteiger partial charge on any atom is 0.107 e. The van der Waals surface area contributed by atoms with Gasteiger partial charge in [0.15, 0.2) is 0 Å². The van der Waals surface area contributed by atoms with Gasteiger partial charge in [-0.15, -0.1) is 11.3 Å². The molecule has 4 heteroatoms. The van der Waals surface area contributed by atoms with Crippen molar-refractivity contribution in [2.45, 2.75) is 64.5 Å². The van der Waals surface area contributed by atoms with Crippen LogP contribution >= 0.6 is 11.3 Å². The van der Waals surface area contributed by atoms with E-state index in [2.05, 4.69) is 36.5 Å². The summed E-state index contributed by atoms with van der Waals surface area (Å²) in [5, 5.41) is 16.5. The molecule has 0 bridgehead atoms. The minimum atomic E-state index is -0.0760. The summed E-state index contributed by atoms with van der Waals surface area (Å²) in [6.45, 7) is 8.45. The first kappa shape index (κ1) is 14.9. The molecule has 0 aromatic carbocycles. The lowest BCUT2D eigenvalue weighted by Gasteiger charge is -2.25. The fourth-order valence-corrected chi connectivity index (χ4v) is 3.56. The number of aliphatic hydroxyl groups excluding tert-OH is 1. The van der Waals surface area contributed by atoms with Crippen molar-refractivity contribution >= 4 is 11.3 Å². The molecular weight excluding hydrogens is 256 g/mol. The van der Waals surface area contributed by atoms with E-state index in [-0.39, 0.29) is 11.5 Å². The summed E-state index contributed by atoms with van der Waals surface area (Å²) in [6, 6.07) is 0. The molecule has 1 aromatic heterocycles. The van der Waals surface area contributed by atoms with Crippen molar-refractivity contribution < 1.29 is 5.11 Å². The van der Waals surface area contributed by atoms with Crippen LogP contribution in [0.15, 0.2) is 5.38 Å². The highest BCUT2D eigenvalue weighted by molar-refractivity contribution is 7.09. The van der Waals surface area contributed by atoms with Gasteiger partial charge in [0.25, 0.3) is 0 Å². The molecule has 0 spiro atoms. The molecule has 2 atom stereocenters. The van der Waals surface area contributed by atoms with Crippen molar-refractivity contribution in [3.63, 3.8) is 0 Å². The maximum atomic E-state index is 9.65. The van der Waals surface area contributed by atoms with Gasteiger partial charge in [-0.25, -0.2) is 4.98 Å². The first-order valence-corrected chi connectivity index (χ1v) is 8.17. The summed E-state index contributed by atoms with van der Waals surface area (Å²) >= 11 is 1.74. The number of hydrogen-bond donors (Lipinski definition) is 2. The van der Waals surface area contributed by atoms with E-state index in [1.54, 1.807) is 11.3 Å². The molecule has 1 aromatic rings. The molecule has 1 aliphatic rings. The highest BCUT2D eigenvalue weighted by atomic mass is 32.1. The summed E-state index contributed by atoms with van der Waals surface area (Å²) in [4.78, 5) is 4.69. The van der Waals surface area contributed by atoms with Gasteiger partial charge in [-0.05, 0) is 31.7 Å². The van der Waals surface area contributed by atoms with Gasteiger partial charge >= 0.3 is 0 Å². The lowest BCUT2D eigenvalue weighted by Crippen LogP contribution is -2.28. The van der Waals surface area contributed by atoms with Crippen LogP contribution in [-0.4, -0.2) is 22.7 Å². The zero-order chi connectivity index (χ0) is 13.9. The van der Waals surface area contributed by atoms with Gasteiger partial charge in [0, 0.05) is 17.3 Å². The summed E-state index contributed by atoms with van der Waals surface area (Å²) in [5.74, 6) is 0.630. The summed E-state index contributed by atoms with van der Waals surface area (Å²) in [7, 11) is 0. The van der Waals surface area contributed by atoms with Gasteiger partial charge in [-0.2, -0.15) is 0 Å². The number of rotatable bonds is 4. The molecule has 0 amide bonds. The van der Waals surface area contributed by atoms with Crippen LogP contribution in [0.25, 0.3) is 0 Å². The van der Waals surface area contributed by atoms with E-state index in [9.17, 15) is 5.11 Å². The fraction of sp³-hybridized carbons (Fsp3) is 0.800. The first-order valence-electron chi connectivity index (χ1n) is 7.29. The quantitative estimate of drug-likeness (QED) is 0.892. The number of thiazole rings is 1. The van der Waals surface area contributed by atoms with Crippen molar-refractivity contribution in [1.82, 2.24) is 10.3 Å². The average molecular weight is 282 g/mol. The maximum absolute atomic E-state index is 9.65. The molecule has 3 nitrogen and oxygen atoms in total. The van der Waals surface area contributed by atoms with Crippen LogP contribution < -0.4 is 5.32 Å². The fourth-order valence-electron chi connectivity index (χ4n) is 2.57. The van der Waals surface area contributed by atoms with Crippen LogP contribution in [0.3, 0.4) is 0 Å². The second kappa shape index (κ2) is 6.33. The Morgan fingerprint density at radius 1 is 1.42 bits per heavy atom. The molecule has 0 aliphatic heterocycles. The Bertz CT molecular complexity index is 397. The van der Waals surface area contributed by atoms with Crippen molar-refractivity contribution in [3.8, 4) is 0 Å². The third-order valence-electron chi connectivity index (χ3n) is 3.78. The van der Waals surface area contributed by atoms with Gasteiger partial charge < -0.3 is 10.4 Å². The predicted molar refractivity (Wildman–Crippen MR) is 80.5 cm³/mol. The Labute approximate surface area is 120 Å². The molecular formula is C15H26N2OS. The molecule has 1 heterocycles. The predicted octanol–water partition coefficient (Wildman–Crippen LogP) is 3.08. The van der Waals surface area contributed by atoms with E-state index in [1.165, 1.54) is 23.5 Å². The highest BCUT2D eigenvalue weighted by Gasteiger charge is 2.20. The lowest BCUT2D eigenvalue weighted by molar-refractivity contribution is 0.101. The molecule has 1 fully saturated rings. The third-order valence-corrected chi connectivity index (χ3v) is 4.63. The molecule has 0 saturated heterocycles. The third kappa shape index (κ3) is 4.55. The second-order valence-corrected chi connectivity index (χ2v) is 7.64. The van der Waals surface area contributed by atoms with Crippen molar-refractivity contribution in [2.75, 3.05) is 6.54 Å². The number of aromatic nitrogens is 1. The Kier molecular flexibility index (Phi) is 4.98. The van der Waals surface area contributed by atoms with Crippen LogP contribution in [0.2, 0.25) is 0 Å². The summed E-state index contributed by atoms with van der Waals surface area (Å²) in [6.07, 6.45) is 4.28. The van der Waals surface area contributed by atoms with Crippen LogP contribution in [0.5, 0.6) is 0 Å². The molecule has 1 saturated carbocycles. The average Bonchev–Trinajstić information content (AvgIpc) is 2.77. The summed E-state index contributed by atoms with van der Waals surface area (Å²) < 4.78 is 0. The van der Waals surface area contributed by atoms with E-state index in [0.29, 0.717) is 5.92 Å². The van der Waals surface area contributed by atoms with E-state index < -0.39 is 0 Å². The smallest absolute Gasteiger partial charge is 0.107 e. The number of nitrogens with one attached hydrogen (secondary N) is 1. The lowest BCUT2D eigenvalue weighted by atomic mass is 9.87. The van der Waals surface area contributed by atoms with Crippen molar-refractivity contribution in [3.05, 3.63) is 16.1 Å². The molecule has 2 rings (SSSR count). The Hall–Kier alpha value is -0.450. The molecule has 0 radical (unpaired) electrons. The van der Waals surface area contributed by atoms with E-state index in [0.717, 1.165) is 25.9 Å². The minimum absolute atomic E-state index is 0.0760. The van der Waals surface area contributed by atoms with Gasteiger partial charge in [0.2, 0.25) is 0 Å². The van der Waals surface area contributed by atoms with Crippen LogP contribution in [0, 0.1) is 5.92 Å². The van der Waals surface area contributed by atoms with E-state index >= 15 is 0 Å². The Morgan fingerprint density at radius 3 is 2.84 bits per heavy atom. The minimum Gasteiger partial charge on any atom is -0.393 e. The largest absolute Gasteiger partial charge is 0.393 e. The Morgan fingerprint density at radius 2 is 2.21 bits per heavy atom. The second-order valence-electron chi connectivity index (χ2n) is 6.69. The van der Waals surface area contributed by atoms with Crippen molar-refractivity contribution in [1.29, 1.82) is 0 Å². The SMILES string of the molecule is CC(C)(C)c1csc(CNCC2CCCC(O)C2)n1. The molecule has 2 N–H and O–H groups in total. The van der Waals surface area contributed by atoms with Crippen molar-refractivity contribution in [2.24, 2.45) is 5.92 Å². The first-order chi connectivity index (χ1) is 8.95. The molecule has 19 heavy (non-hydrogen) atoms. The topological polar surface area (TPSA) is 45.1 Å². The monoisotopic (exact) mass is 282 g/mol. The zero-order valence-electron chi connectivity index (χ0n) is 12.3.